The van der Waals surface area contributed by atoms with Crippen LogP contribution in [0, 0.1) is 3.57 Å². The Hall–Kier alpha value is -0.0331. The van der Waals surface area contributed by atoms with Crippen LogP contribution in [-0.2, 0) is 0 Å². The van der Waals surface area contributed by atoms with Crippen LogP contribution in [0.2, 0.25) is 19.1 Å². The molecule has 0 spiro atoms. The lowest BCUT2D eigenvalue weighted by atomic mass is 10.3. The van der Waals surface area contributed by atoms with E-state index in [0.29, 0.717) is 0 Å². The molecule has 0 N–H and O–H groups in total. The van der Waals surface area contributed by atoms with Gasteiger partial charge >= 0.3 is 0 Å². The summed E-state index contributed by atoms with van der Waals surface area (Å²) in [6.45, 7) is 6.82. The second-order valence-electron chi connectivity index (χ2n) is 4.42. The third kappa shape index (κ3) is 5.02. The summed E-state index contributed by atoms with van der Waals surface area (Å²) < 4.78 is 7.36. The molecular weight excluding hydrogens is 315 g/mol. The molecule has 0 amide bonds. The Morgan fingerprint density at radius 1 is 1.33 bits per heavy atom. The number of hydrogen-bond acceptors (Lipinski definition) is 1. The maximum Gasteiger partial charge on any atom is 0.245 e. The van der Waals surface area contributed by atoms with Crippen molar-refractivity contribution in [1.82, 2.24) is 0 Å². The van der Waals surface area contributed by atoms with E-state index in [1.165, 1.54) is 22.5 Å². The van der Waals surface area contributed by atoms with Gasteiger partial charge in [0.2, 0.25) is 8.32 Å². The van der Waals surface area contributed by atoms with Crippen molar-refractivity contribution in [3.05, 3.63) is 27.8 Å². The van der Waals surface area contributed by atoms with Crippen LogP contribution in [0.3, 0.4) is 0 Å². The molecule has 15 heavy (non-hydrogen) atoms. The Morgan fingerprint density at radius 2 is 2.07 bits per heavy atom. The lowest BCUT2D eigenvalue weighted by Gasteiger charge is -2.24. The average molecular weight is 334 g/mol. The van der Waals surface area contributed by atoms with Gasteiger partial charge in [-0.25, -0.2) is 0 Å². The predicted octanol–water partition coefficient (Wildman–Crippen LogP) is 4.68. The van der Waals surface area contributed by atoms with E-state index in [1.807, 2.05) is 0 Å². The van der Waals surface area contributed by atoms with Gasteiger partial charge in [0.1, 0.15) is 5.75 Å². The van der Waals surface area contributed by atoms with Crippen LogP contribution in [-0.4, -0.2) is 8.32 Å². The van der Waals surface area contributed by atoms with E-state index in [9.17, 15) is 0 Å². The fourth-order valence-corrected chi connectivity index (χ4v) is 4.09. The standard InChI is InChI=1S/C12H19IOSi/c1-4-5-9-15(2,3)14-12-8-6-7-11(13)10-12/h6-8,10H,4-5,9H2,1-3H3. The Labute approximate surface area is 108 Å². The average Bonchev–Trinajstić information content (AvgIpc) is 2.14. The molecule has 0 heterocycles. The number of rotatable bonds is 5. The summed E-state index contributed by atoms with van der Waals surface area (Å²) in [5.41, 5.74) is 0. The van der Waals surface area contributed by atoms with Crippen LogP contribution < -0.4 is 4.43 Å². The van der Waals surface area contributed by atoms with E-state index in [-0.39, 0.29) is 0 Å². The first-order chi connectivity index (χ1) is 7.03. The second kappa shape index (κ2) is 5.89. The summed E-state index contributed by atoms with van der Waals surface area (Å²) in [6.07, 6.45) is 2.54. The van der Waals surface area contributed by atoms with E-state index in [1.54, 1.807) is 0 Å². The molecule has 1 rings (SSSR count). The first kappa shape index (κ1) is 13.0. The Morgan fingerprint density at radius 3 is 2.67 bits per heavy atom. The molecule has 1 nitrogen and oxygen atoms in total. The van der Waals surface area contributed by atoms with Crippen molar-refractivity contribution in [2.75, 3.05) is 0 Å². The highest BCUT2D eigenvalue weighted by molar-refractivity contribution is 14.1. The van der Waals surface area contributed by atoms with Crippen LogP contribution >= 0.6 is 22.6 Å². The Kier molecular flexibility index (Phi) is 5.12. The summed E-state index contributed by atoms with van der Waals surface area (Å²) in [6, 6.07) is 9.56. The monoisotopic (exact) mass is 334 g/mol. The Balaban J connectivity index is 2.60. The van der Waals surface area contributed by atoms with Crippen molar-refractivity contribution in [3.8, 4) is 5.75 Å². The fourth-order valence-electron chi connectivity index (χ4n) is 1.50. The summed E-state index contributed by atoms with van der Waals surface area (Å²) in [7, 11) is -1.49. The molecule has 0 saturated heterocycles. The first-order valence-corrected chi connectivity index (χ1v) is 9.67. The molecule has 0 aromatic heterocycles. The molecule has 0 bridgehead atoms. The van der Waals surface area contributed by atoms with Crippen LogP contribution in [0.25, 0.3) is 0 Å². The van der Waals surface area contributed by atoms with Crippen molar-refractivity contribution in [3.63, 3.8) is 0 Å². The van der Waals surface area contributed by atoms with E-state index >= 15 is 0 Å². The third-order valence-electron chi connectivity index (χ3n) is 2.32. The summed E-state index contributed by atoms with van der Waals surface area (Å²) in [5, 5.41) is 0. The minimum atomic E-state index is -1.49. The normalized spacial score (nSPS) is 11.5. The maximum absolute atomic E-state index is 6.12. The summed E-state index contributed by atoms with van der Waals surface area (Å²) in [4.78, 5) is 0. The van der Waals surface area contributed by atoms with Gasteiger partial charge in [0.05, 0.1) is 0 Å². The van der Waals surface area contributed by atoms with Gasteiger partial charge in [0.15, 0.2) is 0 Å². The van der Waals surface area contributed by atoms with E-state index < -0.39 is 8.32 Å². The van der Waals surface area contributed by atoms with Crippen LogP contribution in [0.4, 0.5) is 0 Å². The molecule has 0 atom stereocenters. The fraction of sp³-hybridized carbons (Fsp3) is 0.500. The van der Waals surface area contributed by atoms with Gasteiger partial charge in [-0.3, -0.25) is 0 Å². The highest BCUT2D eigenvalue weighted by Crippen LogP contribution is 2.22. The molecule has 1 aromatic carbocycles. The SMILES string of the molecule is CCCC[Si](C)(C)Oc1cccc(I)c1. The van der Waals surface area contributed by atoms with Crippen LogP contribution in [0.15, 0.2) is 24.3 Å². The zero-order valence-electron chi connectivity index (χ0n) is 9.72. The zero-order valence-corrected chi connectivity index (χ0v) is 12.9. The predicted molar refractivity (Wildman–Crippen MR) is 77.0 cm³/mol. The summed E-state index contributed by atoms with van der Waals surface area (Å²) >= 11 is 2.32. The van der Waals surface area contributed by atoms with E-state index in [0.717, 1.165) is 5.75 Å². The van der Waals surface area contributed by atoms with Crippen molar-refractivity contribution >= 4 is 30.9 Å². The maximum atomic E-state index is 6.12. The number of halogens is 1. The van der Waals surface area contributed by atoms with Crippen molar-refractivity contribution in [1.29, 1.82) is 0 Å². The molecule has 0 radical (unpaired) electrons. The molecular formula is C12H19IOSi. The molecule has 0 aliphatic heterocycles. The van der Waals surface area contributed by atoms with Gasteiger partial charge < -0.3 is 4.43 Å². The number of benzene rings is 1. The highest BCUT2D eigenvalue weighted by atomic mass is 127. The van der Waals surface area contributed by atoms with Gasteiger partial charge in [-0.1, -0.05) is 25.8 Å². The molecule has 0 aliphatic carbocycles. The van der Waals surface area contributed by atoms with Gasteiger partial charge in [0.25, 0.3) is 0 Å². The lowest BCUT2D eigenvalue weighted by molar-refractivity contribution is 0.542. The molecule has 1 aromatic rings. The van der Waals surface area contributed by atoms with Gasteiger partial charge in [-0.05, 0) is 59.9 Å². The Bertz CT molecular complexity index is 312. The number of unbranched alkanes of at least 4 members (excludes halogenated alkanes) is 1. The van der Waals surface area contributed by atoms with Gasteiger partial charge in [-0.15, -0.1) is 0 Å². The van der Waals surface area contributed by atoms with Gasteiger partial charge in [0, 0.05) is 3.57 Å². The minimum Gasteiger partial charge on any atom is -0.544 e. The molecule has 0 aliphatic rings. The van der Waals surface area contributed by atoms with Crippen molar-refractivity contribution < 1.29 is 4.43 Å². The summed E-state index contributed by atoms with van der Waals surface area (Å²) in [5.74, 6) is 1.04. The number of hydrogen-bond donors (Lipinski definition) is 0. The largest absolute Gasteiger partial charge is 0.544 e. The molecule has 0 fully saturated rings. The molecule has 0 saturated carbocycles. The van der Waals surface area contributed by atoms with Crippen LogP contribution in [0.1, 0.15) is 19.8 Å². The van der Waals surface area contributed by atoms with Gasteiger partial charge in [-0.2, -0.15) is 0 Å². The first-order valence-electron chi connectivity index (χ1n) is 5.48. The second-order valence-corrected chi connectivity index (χ2v) is 9.89. The third-order valence-corrected chi connectivity index (χ3v) is 5.34. The molecule has 0 unspecified atom stereocenters. The van der Waals surface area contributed by atoms with Crippen molar-refractivity contribution in [2.45, 2.75) is 38.9 Å². The smallest absolute Gasteiger partial charge is 0.245 e. The molecule has 3 heteroatoms. The quantitative estimate of drug-likeness (QED) is 0.561. The van der Waals surface area contributed by atoms with E-state index in [2.05, 4.69) is 66.9 Å². The highest BCUT2D eigenvalue weighted by Gasteiger charge is 2.23. The van der Waals surface area contributed by atoms with Crippen molar-refractivity contribution in [2.24, 2.45) is 0 Å². The van der Waals surface area contributed by atoms with E-state index in [4.69, 9.17) is 4.43 Å². The minimum absolute atomic E-state index is 1.04. The van der Waals surface area contributed by atoms with Crippen LogP contribution in [0.5, 0.6) is 5.75 Å². The zero-order chi connectivity index (χ0) is 11.3. The molecule has 84 valence electrons. The topological polar surface area (TPSA) is 9.23 Å². The lowest BCUT2D eigenvalue weighted by Crippen LogP contribution is -2.33.